The van der Waals surface area contributed by atoms with Crippen LogP contribution in [-0.2, 0) is 5.33 Å². The highest BCUT2D eigenvalue weighted by atomic mass is 79.9. The molecule has 0 amide bonds. The van der Waals surface area contributed by atoms with E-state index in [1.54, 1.807) is 0 Å². The molecule has 0 saturated heterocycles. The zero-order valence-electron chi connectivity index (χ0n) is 7.58. The first-order valence-electron chi connectivity index (χ1n) is 3.79. The van der Waals surface area contributed by atoms with Crippen molar-refractivity contribution in [3.63, 3.8) is 0 Å². The molecule has 0 spiro atoms. The normalized spacial score (nSPS) is 9.86. The lowest BCUT2D eigenvalue weighted by Crippen LogP contribution is -2.22. The minimum absolute atomic E-state index is 0.234. The number of nitrogens with zero attached hydrogens (tertiary/aromatic N) is 1. The van der Waals surface area contributed by atoms with Gasteiger partial charge in [-0.15, -0.1) is 4.91 Å². The summed E-state index contributed by atoms with van der Waals surface area (Å²) in [5, 5.41) is 3.27. The molecule has 1 aromatic rings. The highest BCUT2D eigenvalue weighted by Crippen LogP contribution is 2.21. The number of benzene rings is 1. The fourth-order valence-electron chi connectivity index (χ4n) is 1.18. The molecule has 0 aliphatic heterocycles. The van der Waals surface area contributed by atoms with E-state index >= 15 is 0 Å². The fraction of sp³-hybridized carbons (Fsp3) is 0.250. The Labute approximate surface area is 93.1 Å². The third kappa shape index (κ3) is 1.85. The molecule has 0 aromatic heterocycles. The third-order valence-corrected chi connectivity index (χ3v) is 2.43. The number of methoxy groups -OCH3 is 1. The van der Waals surface area contributed by atoms with Crippen molar-refractivity contribution in [3.05, 3.63) is 16.5 Å². The van der Waals surface area contributed by atoms with E-state index in [0.29, 0.717) is 27.6 Å². The van der Waals surface area contributed by atoms with Crippen LogP contribution in [0.4, 0.5) is 5.69 Å². The molecule has 0 aliphatic carbocycles. The number of alkyl halides is 1. The van der Waals surface area contributed by atoms with Gasteiger partial charge in [0.05, 0.1) is 7.11 Å². The van der Waals surface area contributed by atoms with Gasteiger partial charge in [-0.05, 0) is 22.3 Å². The Bertz CT molecular complexity index is 371. The molecular formula is C8H6B2BrNO2. The van der Waals surface area contributed by atoms with E-state index in [4.69, 9.17) is 20.4 Å². The van der Waals surface area contributed by atoms with E-state index in [1.165, 1.54) is 13.2 Å². The molecule has 68 valence electrons. The Kier molecular flexibility index (Phi) is 3.75. The van der Waals surface area contributed by atoms with Crippen molar-refractivity contribution in [1.29, 1.82) is 0 Å². The molecule has 1 aromatic carbocycles. The number of nitroso groups, excluding NO2 is 1. The Morgan fingerprint density at radius 3 is 2.64 bits per heavy atom. The monoisotopic (exact) mass is 249 g/mol. The van der Waals surface area contributed by atoms with E-state index in [-0.39, 0.29) is 5.69 Å². The van der Waals surface area contributed by atoms with Gasteiger partial charge in [0.25, 0.3) is 0 Å². The summed E-state index contributed by atoms with van der Waals surface area (Å²) < 4.78 is 5.00. The van der Waals surface area contributed by atoms with Crippen molar-refractivity contribution >= 4 is 48.2 Å². The van der Waals surface area contributed by atoms with Gasteiger partial charge in [-0.1, -0.05) is 21.4 Å². The molecule has 0 aliphatic rings. The summed E-state index contributed by atoms with van der Waals surface area (Å²) in [6.07, 6.45) is 0. The van der Waals surface area contributed by atoms with E-state index < -0.39 is 0 Å². The summed E-state index contributed by atoms with van der Waals surface area (Å²) in [7, 11) is 12.8. The zero-order valence-corrected chi connectivity index (χ0v) is 9.17. The number of ether oxygens (including phenoxy) is 1. The predicted octanol–water partition coefficient (Wildman–Crippen LogP) is 0.576. The molecule has 0 atom stereocenters. The van der Waals surface area contributed by atoms with Crippen molar-refractivity contribution in [1.82, 2.24) is 0 Å². The van der Waals surface area contributed by atoms with E-state index in [0.717, 1.165) is 0 Å². The Hall–Kier alpha value is -0.770. The molecule has 0 bridgehead atoms. The molecule has 1 rings (SSSR count). The van der Waals surface area contributed by atoms with Crippen LogP contribution in [-0.4, -0.2) is 22.8 Å². The maximum Gasteiger partial charge on any atom is 0.119 e. The maximum atomic E-state index is 10.5. The van der Waals surface area contributed by atoms with Crippen LogP contribution >= 0.6 is 15.9 Å². The average molecular weight is 250 g/mol. The summed E-state index contributed by atoms with van der Waals surface area (Å²) in [5.41, 5.74) is 1.48. The number of halogens is 1. The largest absolute Gasteiger partial charge is 0.498 e. The molecule has 3 nitrogen and oxygen atoms in total. The SMILES string of the molecule is [B]c1cc(N=O)c(CBr)c([B])c1OC. The molecule has 4 radical (unpaired) electrons. The second-order valence-electron chi connectivity index (χ2n) is 2.64. The Balaban J connectivity index is 3.46. The predicted molar refractivity (Wildman–Crippen MR) is 61.9 cm³/mol. The highest BCUT2D eigenvalue weighted by molar-refractivity contribution is 9.08. The highest BCUT2D eigenvalue weighted by Gasteiger charge is 2.12. The van der Waals surface area contributed by atoms with Crippen LogP contribution < -0.4 is 15.7 Å². The second kappa shape index (κ2) is 4.64. The summed E-state index contributed by atoms with van der Waals surface area (Å²) in [5.74, 6) is 0.381. The van der Waals surface area contributed by atoms with E-state index in [2.05, 4.69) is 21.1 Å². The van der Waals surface area contributed by atoms with Gasteiger partial charge in [-0.3, -0.25) is 0 Å². The number of rotatable bonds is 3. The van der Waals surface area contributed by atoms with E-state index in [1.807, 2.05) is 0 Å². The lowest BCUT2D eigenvalue weighted by molar-refractivity contribution is 0.421. The first kappa shape index (κ1) is 11.3. The second-order valence-corrected chi connectivity index (χ2v) is 3.20. The standard InChI is InChI=1S/C8H6B2BrNO2/c1-14-8-5(9)2-6(12-13)4(3-11)7(8)10/h2H,3H2,1H3. The first-order chi connectivity index (χ1) is 6.65. The average Bonchev–Trinajstić information content (AvgIpc) is 2.17. The fourth-order valence-corrected chi connectivity index (χ4v) is 1.77. The van der Waals surface area contributed by atoms with Crippen LogP contribution in [0.1, 0.15) is 5.56 Å². The summed E-state index contributed by atoms with van der Waals surface area (Å²) in [6.45, 7) is 0. The van der Waals surface area contributed by atoms with Crippen molar-refractivity contribution in [3.8, 4) is 5.75 Å². The van der Waals surface area contributed by atoms with Gasteiger partial charge in [0, 0.05) is 5.33 Å². The summed E-state index contributed by atoms with van der Waals surface area (Å²) in [4.78, 5) is 10.5. The molecular weight excluding hydrogens is 244 g/mol. The first-order valence-corrected chi connectivity index (χ1v) is 4.92. The smallest absolute Gasteiger partial charge is 0.119 e. The molecule has 0 saturated carbocycles. The van der Waals surface area contributed by atoms with Gasteiger partial charge >= 0.3 is 0 Å². The molecule has 14 heavy (non-hydrogen) atoms. The lowest BCUT2D eigenvalue weighted by Gasteiger charge is -2.13. The van der Waals surface area contributed by atoms with Crippen LogP contribution in [0.5, 0.6) is 5.75 Å². The van der Waals surface area contributed by atoms with Gasteiger partial charge in [0.15, 0.2) is 0 Å². The van der Waals surface area contributed by atoms with Crippen molar-refractivity contribution in [2.45, 2.75) is 5.33 Å². The van der Waals surface area contributed by atoms with Gasteiger partial charge in [0.1, 0.15) is 27.1 Å². The van der Waals surface area contributed by atoms with Crippen LogP contribution in [0.15, 0.2) is 11.2 Å². The van der Waals surface area contributed by atoms with Gasteiger partial charge in [-0.2, -0.15) is 0 Å². The van der Waals surface area contributed by atoms with Crippen LogP contribution in [0.2, 0.25) is 0 Å². The minimum atomic E-state index is 0.234. The van der Waals surface area contributed by atoms with Gasteiger partial charge < -0.3 is 4.74 Å². The van der Waals surface area contributed by atoms with Crippen LogP contribution in [0, 0.1) is 4.91 Å². The van der Waals surface area contributed by atoms with Crippen LogP contribution in [0.25, 0.3) is 0 Å². The maximum absolute atomic E-state index is 10.5. The van der Waals surface area contributed by atoms with Crippen molar-refractivity contribution in [2.75, 3.05) is 7.11 Å². The third-order valence-electron chi connectivity index (χ3n) is 1.87. The Morgan fingerprint density at radius 1 is 1.57 bits per heavy atom. The Morgan fingerprint density at radius 2 is 2.21 bits per heavy atom. The van der Waals surface area contributed by atoms with Crippen LogP contribution in [0.3, 0.4) is 0 Å². The molecule has 6 heteroatoms. The molecule has 0 unspecified atom stereocenters. The van der Waals surface area contributed by atoms with Crippen molar-refractivity contribution in [2.24, 2.45) is 5.18 Å². The number of hydrogen-bond acceptors (Lipinski definition) is 3. The minimum Gasteiger partial charge on any atom is -0.498 e. The number of hydrogen-bond donors (Lipinski definition) is 0. The molecule has 0 heterocycles. The van der Waals surface area contributed by atoms with Gasteiger partial charge in [-0.25, -0.2) is 0 Å². The van der Waals surface area contributed by atoms with E-state index in [9.17, 15) is 4.91 Å². The van der Waals surface area contributed by atoms with Crippen molar-refractivity contribution < 1.29 is 4.74 Å². The summed E-state index contributed by atoms with van der Waals surface area (Å²) in [6, 6.07) is 1.44. The topological polar surface area (TPSA) is 38.7 Å². The lowest BCUT2D eigenvalue weighted by atomic mass is 9.82. The van der Waals surface area contributed by atoms with Gasteiger partial charge in [0.2, 0.25) is 0 Å². The zero-order chi connectivity index (χ0) is 10.7. The summed E-state index contributed by atoms with van der Waals surface area (Å²) >= 11 is 3.21. The molecule has 0 N–H and O–H groups in total. The quantitative estimate of drug-likeness (QED) is 0.447. The molecule has 0 fully saturated rings.